The van der Waals surface area contributed by atoms with E-state index in [2.05, 4.69) is 16.0 Å². The molecule has 0 aromatic heterocycles. The minimum Gasteiger partial charge on any atom is -0.383 e. The Bertz CT molecular complexity index is 475. The number of ether oxygens (including phenoxy) is 1. The van der Waals surface area contributed by atoms with Gasteiger partial charge >= 0.3 is 0 Å². The van der Waals surface area contributed by atoms with Crippen LogP contribution in [0, 0.1) is 0 Å². The van der Waals surface area contributed by atoms with E-state index < -0.39 is 0 Å². The van der Waals surface area contributed by atoms with Crippen molar-refractivity contribution < 1.29 is 14.3 Å². The van der Waals surface area contributed by atoms with Crippen LogP contribution in [0.2, 0.25) is 0 Å². The molecule has 0 saturated heterocycles. The number of rotatable bonds is 8. The van der Waals surface area contributed by atoms with Crippen molar-refractivity contribution in [1.82, 2.24) is 10.6 Å². The molecule has 0 spiro atoms. The molecule has 116 valence electrons. The van der Waals surface area contributed by atoms with Crippen LogP contribution in [0.3, 0.4) is 0 Å². The molecule has 0 aliphatic carbocycles. The molecule has 1 aromatic rings. The Hall–Kier alpha value is -2.08. The number of nitrogens with one attached hydrogen (secondary N) is 3. The number of hydrogen-bond acceptors (Lipinski definition) is 4. The first-order valence-corrected chi connectivity index (χ1v) is 6.93. The van der Waals surface area contributed by atoms with Crippen molar-refractivity contribution in [3.8, 4) is 0 Å². The smallest absolute Gasteiger partial charge is 0.251 e. The van der Waals surface area contributed by atoms with Gasteiger partial charge in [-0.05, 0) is 32.0 Å². The summed E-state index contributed by atoms with van der Waals surface area (Å²) >= 11 is 0. The fraction of sp³-hybridized carbons (Fsp3) is 0.467. The molecule has 0 bridgehead atoms. The maximum absolute atomic E-state index is 11.9. The molecule has 0 radical (unpaired) electrons. The third kappa shape index (κ3) is 6.76. The largest absolute Gasteiger partial charge is 0.383 e. The molecule has 0 atom stereocenters. The molecule has 0 aliphatic heterocycles. The second-order valence-corrected chi connectivity index (χ2v) is 4.91. The molecule has 1 aromatic carbocycles. The van der Waals surface area contributed by atoms with E-state index in [-0.39, 0.29) is 24.4 Å². The maximum atomic E-state index is 11.9. The van der Waals surface area contributed by atoms with Gasteiger partial charge in [-0.2, -0.15) is 0 Å². The standard InChI is InChI=1S/C15H23N3O3/c1-11(2)18-14(19)10-17-13-6-4-5-12(9-13)15(20)16-7-8-21-3/h4-6,9,11,17H,7-8,10H2,1-3H3,(H,16,20)(H,18,19). The fourth-order valence-corrected chi connectivity index (χ4v) is 1.69. The van der Waals surface area contributed by atoms with E-state index >= 15 is 0 Å². The summed E-state index contributed by atoms with van der Waals surface area (Å²) in [6, 6.07) is 7.13. The average Bonchev–Trinajstić information content (AvgIpc) is 2.45. The molecule has 0 unspecified atom stereocenters. The number of benzene rings is 1. The lowest BCUT2D eigenvalue weighted by atomic mass is 10.2. The quantitative estimate of drug-likeness (QED) is 0.625. The summed E-state index contributed by atoms with van der Waals surface area (Å²) in [6.45, 7) is 4.92. The Balaban J connectivity index is 2.52. The summed E-state index contributed by atoms with van der Waals surface area (Å²) in [5, 5.41) is 8.53. The molecule has 0 heterocycles. The van der Waals surface area contributed by atoms with Crippen molar-refractivity contribution >= 4 is 17.5 Å². The van der Waals surface area contributed by atoms with Gasteiger partial charge in [0.05, 0.1) is 13.2 Å². The van der Waals surface area contributed by atoms with Gasteiger partial charge < -0.3 is 20.7 Å². The van der Waals surface area contributed by atoms with E-state index in [1.54, 1.807) is 25.3 Å². The minimum absolute atomic E-state index is 0.0834. The second-order valence-electron chi connectivity index (χ2n) is 4.91. The van der Waals surface area contributed by atoms with Crippen LogP contribution in [-0.4, -0.2) is 44.7 Å². The Morgan fingerprint density at radius 3 is 2.71 bits per heavy atom. The average molecular weight is 293 g/mol. The third-order valence-electron chi connectivity index (χ3n) is 2.62. The van der Waals surface area contributed by atoms with E-state index in [9.17, 15) is 9.59 Å². The summed E-state index contributed by atoms with van der Waals surface area (Å²) in [5.74, 6) is -0.248. The summed E-state index contributed by atoms with van der Waals surface area (Å²) in [6.07, 6.45) is 0. The van der Waals surface area contributed by atoms with Gasteiger partial charge in [-0.1, -0.05) is 6.07 Å². The van der Waals surface area contributed by atoms with E-state index in [1.165, 1.54) is 0 Å². The highest BCUT2D eigenvalue weighted by molar-refractivity contribution is 5.95. The molecular formula is C15H23N3O3. The fourth-order valence-electron chi connectivity index (χ4n) is 1.69. The number of hydrogen-bond donors (Lipinski definition) is 3. The normalized spacial score (nSPS) is 10.3. The molecule has 0 fully saturated rings. The van der Waals surface area contributed by atoms with E-state index in [0.29, 0.717) is 18.7 Å². The minimum atomic E-state index is -0.165. The summed E-state index contributed by atoms with van der Waals surface area (Å²) in [5.41, 5.74) is 1.27. The Morgan fingerprint density at radius 2 is 2.05 bits per heavy atom. The number of amides is 2. The molecule has 6 heteroatoms. The Morgan fingerprint density at radius 1 is 1.29 bits per heavy atom. The van der Waals surface area contributed by atoms with Crippen molar-refractivity contribution in [2.75, 3.05) is 32.1 Å². The Kier molecular flexibility index (Phi) is 7.25. The zero-order valence-corrected chi connectivity index (χ0v) is 12.7. The van der Waals surface area contributed by atoms with Gasteiger partial charge in [-0.15, -0.1) is 0 Å². The molecule has 0 saturated carbocycles. The SMILES string of the molecule is COCCNC(=O)c1cccc(NCC(=O)NC(C)C)c1. The lowest BCUT2D eigenvalue weighted by Gasteiger charge is -2.11. The number of carbonyl (C=O) groups is 2. The molecule has 6 nitrogen and oxygen atoms in total. The van der Waals surface area contributed by atoms with Crippen LogP contribution in [0.15, 0.2) is 24.3 Å². The van der Waals surface area contributed by atoms with Crippen molar-refractivity contribution in [2.45, 2.75) is 19.9 Å². The highest BCUT2D eigenvalue weighted by atomic mass is 16.5. The zero-order chi connectivity index (χ0) is 15.7. The van der Waals surface area contributed by atoms with E-state index in [0.717, 1.165) is 5.69 Å². The van der Waals surface area contributed by atoms with Crippen LogP contribution in [0.1, 0.15) is 24.2 Å². The molecule has 21 heavy (non-hydrogen) atoms. The van der Waals surface area contributed by atoms with Gasteiger partial charge in [0.15, 0.2) is 0 Å². The topological polar surface area (TPSA) is 79.5 Å². The van der Waals surface area contributed by atoms with Crippen molar-refractivity contribution in [1.29, 1.82) is 0 Å². The highest BCUT2D eigenvalue weighted by Crippen LogP contribution is 2.10. The van der Waals surface area contributed by atoms with Gasteiger partial charge in [-0.3, -0.25) is 9.59 Å². The van der Waals surface area contributed by atoms with Crippen LogP contribution in [0.4, 0.5) is 5.69 Å². The maximum Gasteiger partial charge on any atom is 0.251 e. The van der Waals surface area contributed by atoms with E-state index in [4.69, 9.17) is 4.74 Å². The third-order valence-corrected chi connectivity index (χ3v) is 2.62. The first-order valence-electron chi connectivity index (χ1n) is 6.93. The van der Waals surface area contributed by atoms with E-state index in [1.807, 2.05) is 19.9 Å². The summed E-state index contributed by atoms with van der Waals surface area (Å²) in [7, 11) is 1.58. The lowest BCUT2D eigenvalue weighted by Crippen LogP contribution is -2.34. The first-order chi connectivity index (χ1) is 10.0. The van der Waals surface area contributed by atoms with Gasteiger partial charge in [0, 0.05) is 30.9 Å². The molecular weight excluding hydrogens is 270 g/mol. The van der Waals surface area contributed by atoms with Gasteiger partial charge in [-0.25, -0.2) is 0 Å². The molecule has 0 aliphatic rings. The second kappa shape index (κ2) is 8.97. The predicted octanol–water partition coefficient (Wildman–Crippen LogP) is 0.999. The first kappa shape index (κ1) is 17.0. The lowest BCUT2D eigenvalue weighted by molar-refractivity contribution is -0.119. The van der Waals surface area contributed by atoms with Crippen molar-refractivity contribution in [3.63, 3.8) is 0 Å². The van der Waals surface area contributed by atoms with Crippen LogP contribution in [0.5, 0.6) is 0 Å². The van der Waals surface area contributed by atoms with Crippen LogP contribution in [0.25, 0.3) is 0 Å². The number of methoxy groups -OCH3 is 1. The van der Waals surface area contributed by atoms with Crippen molar-refractivity contribution in [2.24, 2.45) is 0 Å². The Labute approximate surface area is 125 Å². The predicted molar refractivity (Wildman–Crippen MR) is 82.4 cm³/mol. The highest BCUT2D eigenvalue weighted by Gasteiger charge is 2.07. The van der Waals surface area contributed by atoms with Gasteiger partial charge in [0.2, 0.25) is 5.91 Å². The summed E-state index contributed by atoms with van der Waals surface area (Å²) in [4.78, 5) is 23.4. The van der Waals surface area contributed by atoms with Gasteiger partial charge in [0.1, 0.15) is 0 Å². The van der Waals surface area contributed by atoms with Crippen molar-refractivity contribution in [3.05, 3.63) is 29.8 Å². The molecule has 3 N–H and O–H groups in total. The number of carbonyl (C=O) groups excluding carboxylic acids is 2. The monoisotopic (exact) mass is 293 g/mol. The van der Waals surface area contributed by atoms with Gasteiger partial charge in [0.25, 0.3) is 5.91 Å². The molecule has 2 amide bonds. The van der Waals surface area contributed by atoms with Crippen LogP contribution < -0.4 is 16.0 Å². The zero-order valence-electron chi connectivity index (χ0n) is 12.7. The van der Waals surface area contributed by atoms with Crippen LogP contribution in [-0.2, 0) is 9.53 Å². The number of anilines is 1. The molecule has 1 rings (SSSR count). The van der Waals surface area contributed by atoms with Crippen LogP contribution >= 0.6 is 0 Å². The summed E-state index contributed by atoms with van der Waals surface area (Å²) < 4.78 is 4.88.